The van der Waals surface area contributed by atoms with Gasteiger partial charge in [0.15, 0.2) is 15.1 Å². The Morgan fingerprint density at radius 2 is 1.71 bits per heavy atom. The number of rotatable bonds is 8. The largest absolute Gasteiger partial charge is 0.497 e. The Morgan fingerprint density at radius 3 is 2.14 bits per heavy atom. The van der Waals surface area contributed by atoms with Crippen LogP contribution in [0.4, 0.5) is 0 Å². The Labute approximate surface area is 124 Å². The summed E-state index contributed by atoms with van der Waals surface area (Å²) in [5.74, 6) is -0.986. The summed E-state index contributed by atoms with van der Waals surface area (Å²) in [7, 11) is -2.21. The first kappa shape index (κ1) is 17.3. The second kappa shape index (κ2) is 7.31. The molecule has 0 aliphatic rings. The molecule has 1 unspecified atom stereocenters. The Bertz CT molecular complexity index is 562. The maximum Gasteiger partial charge on any atom is 0.322 e. The zero-order valence-corrected chi connectivity index (χ0v) is 13.1. The van der Waals surface area contributed by atoms with E-state index < -0.39 is 27.0 Å². The van der Waals surface area contributed by atoms with Crippen LogP contribution in [0.1, 0.15) is 13.8 Å². The third-order valence-electron chi connectivity index (χ3n) is 2.93. The molecule has 0 fully saturated rings. The van der Waals surface area contributed by atoms with Gasteiger partial charge in [-0.1, -0.05) is 13.8 Å². The summed E-state index contributed by atoms with van der Waals surface area (Å²) < 4.78 is 34.4. The van der Waals surface area contributed by atoms with Crippen molar-refractivity contribution in [2.75, 3.05) is 19.5 Å². The fraction of sp³-hybridized carbons (Fsp3) is 0.500. The van der Waals surface area contributed by atoms with E-state index in [0.29, 0.717) is 11.5 Å². The number of hydrogen-bond acceptors (Lipinski definition) is 5. The van der Waals surface area contributed by atoms with Crippen molar-refractivity contribution in [3.8, 4) is 11.5 Å². The van der Waals surface area contributed by atoms with Crippen LogP contribution in [-0.4, -0.2) is 44.2 Å². The van der Waals surface area contributed by atoms with Gasteiger partial charge >= 0.3 is 5.97 Å². The van der Waals surface area contributed by atoms with Crippen molar-refractivity contribution in [2.45, 2.75) is 19.1 Å². The van der Waals surface area contributed by atoms with E-state index in [0.717, 1.165) is 0 Å². The summed E-state index contributed by atoms with van der Waals surface area (Å²) in [4.78, 5) is 11.1. The molecule has 0 heterocycles. The molecule has 1 N–H and O–H groups in total. The number of carbonyl (C=O) groups is 1. The minimum Gasteiger partial charge on any atom is -0.497 e. The fourth-order valence-electron chi connectivity index (χ4n) is 1.93. The van der Waals surface area contributed by atoms with Gasteiger partial charge in [-0.25, -0.2) is 8.42 Å². The molecule has 0 aromatic heterocycles. The third-order valence-corrected chi connectivity index (χ3v) is 5.19. The molecule has 1 aromatic carbocycles. The molecule has 0 spiro atoms. The molecule has 0 saturated heterocycles. The lowest BCUT2D eigenvalue weighted by Crippen LogP contribution is -2.37. The van der Waals surface area contributed by atoms with Crippen LogP contribution >= 0.6 is 0 Å². The highest BCUT2D eigenvalue weighted by Gasteiger charge is 2.35. The summed E-state index contributed by atoms with van der Waals surface area (Å²) in [6.45, 7) is 3.05. The second-order valence-corrected chi connectivity index (χ2v) is 7.14. The minimum absolute atomic E-state index is 0.0921. The molecule has 1 atom stereocenters. The van der Waals surface area contributed by atoms with Crippen LogP contribution in [-0.2, 0) is 14.6 Å². The van der Waals surface area contributed by atoms with Crippen molar-refractivity contribution in [3.63, 3.8) is 0 Å². The molecule has 0 aliphatic carbocycles. The Balaban J connectivity index is 2.62. The first-order valence-electron chi connectivity index (χ1n) is 6.49. The lowest BCUT2D eigenvalue weighted by atomic mass is 10.1. The van der Waals surface area contributed by atoms with Gasteiger partial charge in [0.05, 0.1) is 12.9 Å². The van der Waals surface area contributed by atoms with Crippen LogP contribution in [0.5, 0.6) is 11.5 Å². The number of hydrogen-bond donors (Lipinski definition) is 1. The Morgan fingerprint density at radius 1 is 1.19 bits per heavy atom. The molecule has 118 valence electrons. The Hall–Kier alpha value is -1.76. The number of aliphatic carboxylic acids is 1. The molecular formula is C14H20O6S. The van der Waals surface area contributed by atoms with E-state index in [4.69, 9.17) is 14.6 Å². The van der Waals surface area contributed by atoms with Crippen molar-refractivity contribution < 1.29 is 27.8 Å². The minimum atomic E-state index is -3.75. The molecule has 21 heavy (non-hydrogen) atoms. The summed E-state index contributed by atoms with van der Waals surface area (Å²) in [5, 5.41) is 7.61. The summed E-state index contributed by atoms with van der Waals surface area (Å²) >= 11 is 0. The first-order chi connectivity index (χ1) is 9.77. The first-order valence-corrected chi connectivity index (χ1v) is 8.20. The highest BCUT2D eigenvalue weighted by Crippen LogP contribution is 2.18. The van der Waals surface area contributed by atoms with E-state index in [2.05, 4.69) is 0 Å². The van der Waals surface area contributed by atoms with E-state index in [1.54, 1.807) is 45.2 Å². The zero-order valence-electron chi connectivity index (χ0n) is 12.3. The monoisotopic (exact) mass is 316 g/mol. The molecule has 0 saturated carbocycles. The molecular weight excluding hydrogens is 296 g/mol. The lowest BCUT2D eigenvalue weighted by Gasteiger charge is -2.17. The van der Waals surface area contributed by atoms with Gasteiger partial charge in [-0.05, 0) is 30.2 Å². The molecule has 0 radical (unpaired) electrons. The zero-order chi connectivity index (χ0) is 16.0. The molecule has 6 nitrogen and oxygen atoms in total. The van der Waals surface area contributed by atoms with Crippen molar-refractivity contribution in [3.05, 3.63) is 24.3 Å². The van der Waals surface area contributed by atoms with Crippen molar-refractivity contribution in [1.29, 1.82) is 0 Å². The fourth-order valence-corrected chi connectivity index (χ4v) is 3.63. The quantitative estimate of drug-likeness (QED) is 0.783. The maximum absolute atomic E-state index is 12.0. The van der Waals surface area contributed by atoms with E-state index >= 15 is 0 Å². The van der Waals surface area contributed by atoms with Gasteiger partial charge in [-0.2, -0.15) is 0 Å². The van der Waals surface area contributed by atoms with Gasteiger partial charge in [-0.15, -0.1) is 0 Å². The van der Waals surface area contributed by atoms with Crippen LogP contribution in [0.2, 0.25) is 0 Å². The van der Waals surface area contributed by atoms with Crippen LogP contribution in [0.3, 0.4) is 0 Å². The average molecular weight is 316 g/mol. The van der Waals surface area contributed by atoms with Crippen LogP contribution in [0.15, 0.2) is 24.3 Å². The lowest BCUT2D eigenvalue weighted by molar-refractivity contribution is -0.137. The van der Waals surface area contributed by atoms with Gasteiger partial charge in [0.1, 0.15) is 18.1 Å². The van der Waals surface area contributed by atoms with E-state index in [-0.39, 0.29) is 12.4 Å². The van der Waals surface area contributed by atoms with E-state index in [1.807, 2.05) is 0 Å². The average Bonchev–Trinajstić information content (AvgIpc) is 2.37. The topological polar surface area (TPSA) is 89.9 Å². The van der Waals surface area contributed by atoms with Gasteiger partial charge in [0, 0.05) is 0 Å². The molecule has 0 bridgehead atoms. The van der Waals surface area contributed by atoms with Crippen LogP contribution in [0.25, 0.3) is 0 Å². The highest BCUT2D eigenvalue weighted by atomic mass is 32.2. The highest BCUT2D eigenvalue weighted by molar-refractivity contribution is 7.92. The number of carboxylic acid groups (broad SMARTS) is 1. The van der Waals surface area contributed by atoms with E-state index in [1.165, 1.54) is 0 Å². The SMILES string of the molecule is COc1ccc(OCCS(=O)(=O)C(C(=O)O)C(C)C)cc1. The standard InChI is InChI=1S/C14H20O6S/c1-10(2)13(14(15)16)21(17,18)9-8-20-12-6-4-11(19-3)5-7-12/h4-7,10,13H,8-9H2,1-3H3,(H,15,16). The second-order valence-electron chi connectivity index (χ2n) is 4.89. The van der Waals surface area contributed by atoms with Gasteiger partial charge in [0.2, 0.25) is 0 Å². The predicted molar refractivity (Wildman–Crippen MR) is 78.5 cm³/mol. The third kappa shape index (κ3) is 4.93. The van der Waals surface area contributed by atoms with Crippen LogP contribution in [0, 0.1) is 5.92 Å². The number of methoxy groups -OCH3 is 1. The number of sulfone groups is 1. The molecule has 0 amide bonds. The number of benzene rings is 1. The number of ether oxygens (including phenoxy) is 2. The van der Waals surface area contributed by atoms with Crippen LogP contribution < -0.4 is 9.47 Å². The predicted octanol–water partition coefficient (Wildman–Crippen LogP) is 1.60. The molecule has 7 heteroatoms. The van der Waals surface area contributed by atoms with Gasteiger partial charge in [-0.3, -0.25) is 4.79 Å². The van der Waals surface area contributed by atoms with Crippen molar-refractivity contribution in [1.82, 2.24) is 0 Å². The maximum atomic E-state index is 12.0. The van der Waals surface area contributed by atoms with Crippen molar-refractivity contribution in [2.24, 2.45) is 5.92 Å². The molecule has 0 aliphatic heterocycles. The number of carboxylic acids is 1. The molecule has 1 rings (SSSR count). The Kier molecular flexibility index (Phi) is 6.02. The normalized spacial score (nSPS) is 13.0. The molecule has 1 aromatic rings. The van der Waals surface area contributed by atoms with E-state index in [9.17, 15) is 13.2 Å². The van der Waals surface area contributed by atoms with Gasteiger partial charge < -0.3 is 14.6 Å². The van der Waals surface area contributed by atoms with Gasteiger partial charge in [0.25, 0.3) is 0 Å². The smallest absolute Gasteiger partial charge is 0.322 e. The van der Waals surface area contributed by atoms with Crippen molar-refractivity contribution >= 4 is 15.8 Å². The summed E-state index contributed by atoms with van der Waals surface area (Å²) in [6, 6.07) is 6.70. The summed E-state index contributed by atoms with van der Waals surface area (Å²) in [5.41, 5.74) is 0. The summed E-state index contributed by atoms with van der Waals surface area (Å²) in [6.07, 6.45) is 0.